The summed E-state index contributed by atoms with van der Waals surface area (Å²) in [4.78, 5) is 0. The monoisotopic (exact) mass is 777 g/mol. The molecule has 53 heavy (non-hydrogen) atoms. The highest BCUT2D eigenvalue weighted by molar-refractivity contribution is 5.04. The Labute approximate surface area is 322 Å². The molecule has 0 nitrogen and oxygen atoms in total. The smallest absolute Gasteiger partial charge is 0.210 e. The van der Waals surface area contributed by atoms with Crippen LogP contribution in [0.1, 0.15) is 233 Å². The Morgan fingerprint density at radius 1 is 0.245 bits per heavy atom. The molecule has 4 atom stereocenters. The maximum Gasteiger partial charge on any atom is 0.242 e. The van der Waals surface area contributed by atoms with Crippen molar-refractivity contribution in [3.05, 3.63) is 0 Å². The summed E-state index contributed by atoms with van der Waals surface area (Å²) >= 11 is 0. The number of unbranched alkanes of at least 4 members (excludes halogenated alkanes) is 24. The molecule has 0 aliphatic carbocycles. The minimum atomic E-state index is -3.24. The molecule has 0 fully saturated rings. The maximum absolute atomic E-state index is 15.7. The van der Waals surface area contributed by atoms with Crippen LogP contribution < -0.4 is 0 Å². The Kier molecular flexibility index (Phi) is 34.3. The number of hydrogen-bond acceptors (Lipinski definition) is 0. The Balaban J connectivity index is 7.00. The summed E-state index contributed by atoms with van der Waals surface area (Å²) in [6.45, 7) is 8.38. The maximum atomic E-state index is 15.7. The number of halogens is 8. The first-order chi connectivity index (χ1) is 25.6. The van der Waals surface area contributed by atoms with Gasteiger partial charge in [-0.3, -0.25) is 0 Å². The van der Waals surface area contributed by atoms with Gasteiger partial charge in [0.25, 0.3) is 0 Å². The topological polar surface area (TPSA) is 0 Å². The first-order valence-electron chi connectivity index (χ1n) is 22.7. The minimum absolute atomic E-state index is 0.247. The van der Waals surface area contributed by atoms with E-state index in [9.17, 15) is 0 Å². The lowest BCUT2D eigenvalue weighted by atomic mass is 9.50. The molecule has 0 aromatic heterocycles. The van der Waals surface area contributed by atoms with Crippen molar-refractivity contribution in [1.29, 1.82) is 0 Å². The molecule has 0 bridgehead atoms. The van der Waals surface area contributed by atoms with Gasteiger partial charge in [-0.15, -0.1) is 0 Å². The highest BCUT2D eigenvalue weighted by atomic mass is 19.3. The number of hydrogen-bond donors (Lipinski definition) is 0. The molecule has 320 valence electrons. The van der Waals surface area contributed by atoms with Crippen LogP contribution >= 0.6 is 0 Å². The SMILES string of the molecule is CCCCCCCCCC(C(F)F)C(C(CCCCCCCCC)C(F)F)(C(CCCCCCCCC)C(F)F)C(CCCCCCCCC)C(F)F. The lowest BCUT2D eigenvalue weighted by molar-refractivity contribution is -0.212. The third kappa shape index (κ3) is 22.1. The lowest BCUT2D eigenvalue weighted by Gasteiger charge is -2.55. The molecule has 4 unspecified atom stereocenters. The summed E-state index contributed by atoms with van der Waals surface area (Å²) in [5, 5.41) is 0. The van der Waals surface area contributed by atoms with Gasteiger partial charge in [0.15, 0.2) is 0 Å². The summed E-state index contributed by atoms with van der Waals surface area (Å²) < 4.78 is 126. The average molecular weight is 777 g/mol. The van der Waals surface area contributed by atoms with Gasteiger partial charge in [-0.25, -0.2) is 35.1 Å². The van der Waals surface area contributed by atoms with E-state index in [2.05, 4.69) is 27.7 Å². The van der Waals surface area contributed by atoms with Gasteiger partial charge >= 0.3 is 0 Å². The fourth-order valence-electron chi connectivity index (χ4n) is 9.31. The van der Waals surface area contributed by atoms with Crippen molar-refractivity contribution in [3.63, 3.8) is 0 Å². The van der Waals surface area contributed by atoms with Crippen molar-refractivity contribution < 1.29 is 35.1 Å². The molecular weight excluding hydrogens is 692 g/mol. The second kappa shape index (κ2) is 34.7. The fourth-order valence-corrected chi connectivity index (χ4v) is 9.31. The quantitative estimate of drug-likeness (QED) is 0.0429. The van der Waals surface area contributed by atoms with Gasteiger partial charge in [-0.2, -0.15) is 0 Å². The van der Waals surface area contributed by atoms with Gasteiger partial charge in [-0.1, -0.05) is 207 Å². The van der Waals surface area contributed by atoms with Crippen molar-refractivity contribution in [1.82, 2.24) is 0 Å². The average Bonchev–Trinajstić information content (AvgIpc) is 3.11. The normalized spacial score (nSPS) is 15.8. The van der Waals surface area contributed by atoms with Crippen molar-refractivity contribution in [3.8, 4) is 0 Å². The summed E-state index contributed by atoms with van der Waals surface area (Å²) in [5.41, 5.74) is -2.57. The van der Waals surface area contributed by atoms with Gasteiger partial charge < -0.3 is 0 Å². The summed E-state index contributed by atoms with van der Waals surface area (Å²) in [6, 6.07) is 0. The Bertz CT molecular complexity index is 635. The number of alkyl halides is 8. The molecule has 0 radical (unpaired) electrons. The predicted octanol–water partition coefficient (Wildman–Crippen LogP) is 18.1. The molecule has 0 aromatic rings. The first kappa shape index (κ1) is 52.4. The van der Waals surface area contributed by atoms with E-state index in [1.807, 2.05) is 0 Å². The largest absolute Gasteiger partial charge is 0.242 e. The molecule has 0 spiro atoms. The molecule has 0 aromatic carbocycles. The van der Waals surface area contributed by atoms with Crippen LogP contribution in [0.5, 0.6) is 0 Å². The number of rotatable bonds is 40. The van der Waals surface area contributed by atoms with Crippen molar-refractivity contribution in [2.75, 3.05) is 0 Å². The van der Waals surface area contributed by atoms with Crippen LogP contribution in [0.4, 0.5) is 35.1 Å². The van der Waals surface area contributed by atoms with Crippen LogP contribution in [0.3, 0.4) is 0 Å². The van der Waals surface area contributed by atoms with E-state index in [0.717, 1.165) is 128 Å². The second-order valence-electron chi connectivity index (χ2n) is 16.4. The van der Waals surface area contributed by atoms with E-state index in [-0.39, 0.29) is 51.4 Å². The molecule has 0 saturated carbocycles. The van der Waals surface area contributed by atoms with Gasteiger partial charge in [0.2, 0.25) is 25.7 Å². The first-order valence-corrected chi connectivity index (χ1v) is 22.7. The van der Waals surface area contributed by atoms with E-state index in [1.165, 1.54) is 0 Å². The molecule has 0 rings (SSSR count). The Morgan fingerprint density at radius 3 is 0.547 bits per heavy atom. The predicted molar refractivity (Wildman–Crippen MR) is 211 cm³/mol. The summed E-state index contributed by atoms with van der Waals surface area (Å²) in [5.74, 6) is -7.75. The van der Waals surface area contributed by atoms with Crippen molar-refractivity contribution >= 4 is 0 Å². The highest BCUT2D eigenvalue weighted by Crippen LogP contribution is 2.61. The second-order valence-corrected chi connectivity index (χ2v) is 16.4. The van der Waals surface area contributed by atoms with Crippen molar-refractivity contribution in [2.24, 2.45) is 29.1 Å². The van der Waals surface area contributed by atoms with Crippen molar-refractivity contribution in [2.45, 2.75) is 259 Å². The van der Waals surface area contributed by atoms with Crippen LogP contribution in [-0.2, 0) is 0 Å². The summed E-state index contributed by atoms with van der Waals surface area (Å²) in [6.07, 6.45) is 8.33. The minimum Gasteiger partial charge on any atom is -0.210 e. The Hall–Kier alpha value is -0.560. The van der Waals surface area contributed by atoms with E-state index < -0.39 is 54.8 Å². The zero-order valence-corrected chi connectivity index (χ0v) is 34.8. The lowest BCUT2D eigenvalue weighted by Crippen LogP contribution is -2.58. The zero-order chi connectivity index (χ0) is 39.7. The third-order valence-corrected chi connectivity index (χ3v) is 12.3. The molecular formula is C45H84F8. The van der Waals surface area contributed by atoms with E-state index in [0.29, 0.717) is 25.7 Å². The van der Waals surface area contributed by atoms with Gasteiger partial charge in [-0.05, 0) is 25.7 Å². The van der Waals surface area contributed by atoms with Gasteiger partial charge in [0, 0.05) is 29.1 Å². The molecule has 8 heteroatoms. The van der Waals surface area contributed by atoms with Gasteiger partial charge in [0.1, 0.15) is 0 Å². The summed E-state index contributed by atoms with van der Waals surface area (Å²) in [7, 11) is 0. The molecule has 0 aliphatic heterocycles. The molecule has 0 saturated heterocycles. The fraction of sp³-hybridized carbons (Fsp3) is 1.00. The third-order valence-electron chi connectivity index (χ3n) is 12.3. The Morgan fingerprint density at radius 2 is 0.396 bits per heavy atom. The van der Waals surface area contributed by atoms with Crippen LogP contribution in [-0.4, -0.2) is 25.7 Å². The molecule has 0 amide bonds. The van der Waals surface area contributed by atoms with Crippen LogP contribution in [0, 0.1) is 29.1 Å². The highest BCUT2D eigenvalue weighted by Gasteiger charge is 2.63. The molecule has 0 aliphatic rings. The standard InChI is InChI=1S/C45H84F8/c1-5-9-13-17-21-25-29-33-37(41(46)47)45(38(42(48)49)34-30-26-22-18-14-10-6-2,39(43(50)51)35-31-27-23-19-15-11-7-3)40(44(52)53)36-32-28-24-20-16-12-8-4/h37-44H,5-36H2,1-4H3. The van der Waals surface area contributed by atoms with Crippen LogP contribution in [0.25, 0.3) is 0 Å². The van der Waals surface area contributed by atoms with Crippen LogP contribution in [0.15, 0.2) is 0 Å². The molecule has 0 heterocycles. The van der Waals surface area contributed by atoms with E-state index in [4.69, 9.17) is 0 Å². The zero-order valence-electron chi connectivity index (χ0n) is 34.8. The van der Waals surface area contributed by atoms with E-state index in [1.54, 1.807) is 0 Å². The molecule has 0 N–H and O–H groups in total. The van der Waals surface area contributed by atoms with Gasteiger partial charge in [0.05, 0.1) is 0 Å². The van der Waals surface area contributed by atoms with E-state index >= 15 is 35.1 Å². The van der Waals surface area contributed by atoms with Crippen LogP contribution in [0.2, 0.25) is 0 Å².